The van der Waals surface area contributed by atoms with Gasteiger partial charge in [0.15, 0.2) is 0 Å². The molecule has 0 saturated heterocycles. The van der Waals surface area contributed by atoms with Crippen molar-refractivity contribution in [3.8, 4) is 0 Å². The second kappa shape index (κ2) is 4.46. The van der Waals surface area contributed by atoms with E-state index < -0.39 is 0 Å². The summed E-state index contributed by atoms with van der Waals surface area (Å²) in [6, 6.07) is 0. The highest BCUT2D eigenvalue weighted by Gasteiger charge is 2.13. The average molecular weight is 157 g/mol. The van der Waals surface area contributed by atoms with Gasteiger partial charge in [0.25, 0.3) is 0 Å². The van der Waals surface area contributed by atoms with E-state index in [0.29, 0.717) is 0 Å². The van der Waals surface area contributed by atoms with Crippen LogP contribution in [0.1, 0.15) is 33.6 Å². The molecule has 0 fully saturated rings. The molecule has 52 valence electrons. The monoisotopic (exact) mass is 156 g/mol. The molecule has 0 spiro atoms. The molecule has 0 aliphatic rings. The zero-order chi connectivity index (χ0) is 5.91. The molecular formula is C6H14Cl2. The van der Waals surface area contributed by atoms with Gasteiger partial charge in [-0.25, -0.2) is 0 Å². The minimum Gasteiger partial charge on any atom is -0.147 e. The van der Waals surface area contributed by atoms with Gasteiger partial charge in [-0.2, -0.15) is 0 Å². The van der Waals surface area contributed by atoms with Crippen LogP contribution in [0, 0.1) is 0 Å². The van der Waals surface area contributed by atoms with Gasteiger partial charge in [0.2, 0.25) is 0 Å². The molecule has 0 aliphatic heterocycles. The third kappa shape index (κ3) is 4.73. The Morgan fingerprint density at radius 3 is 1.50 bits per heavy atom. The highest BCUT2D eigenvalue weighted by Crippen LogP contribution is 2.21. The molecule has 8 heavy (non-hydrogen) atoms. The van der Waals surface area contributed by atoms with E-state index >= 15 is 0 Å². The standard InChI is InChI=1S/C6H13Cl.ClH/c1-4-6(3,7)5-2;/h4-5H2,1-3H3;1H. The summed E-state index contributed by atoms with van der Waals surface area (Å²) in [4.78, 5) is 0.0556. The van der Waals surface area contributed by atoms with Crippen LogP contribution in [0.5, 0.6) is 0 Å². The summed E-state index contributed by atoms with van der Waals surface area (Å²) in [5.74, 6) is 0. The zero-order valence-electron chi connectivity index (χ0n) is 5.70. The number of alkyl halides is 1. The molecule has 0 rings (SSSR count). The summed E-state index contributed by atoms with van der Waals surface area (Å²) in [6.07, 6.45) is 2.12. The Bertz CT molecular complexity index is 44.5. The lowest BCUT2D eigenvalue weighted by Gasteiger charge is -2.15. The summed E-state index contributed by atoms with van der Waals surface area (Å²) in [5.41, 5.74) is 0. The van der Waals surface area contributed by atoms with Crippen LogP contribution >= 0.6 is 24.0 Å². The lowest BCUT2D eigenvalue weighted by atomic mass is 10.1. The third-order valence-electron chi connectivity index (χ3n) is 1.47. The maximum Gasteiger partial charge on any atom is 0.0413 e. The van der Waals surface area contributed by atoms with Crippen LogP contribution in [-0.4, -0.2) is 4.87 Å². The largest absolute Gasteiger partial charge is 0.147 e. The van der Waals surface area contributed by atoms with Crippen LogP contribution in [0.3, 0.4) is 0 Å². The first-order chi connectivity index (χ1) is 3.12. The molecule has 0 radical (unpaired) electrons. The Hall–Kier alpha value is 0.580. The molecule has 0 aliphatic carbocycles. The minimum atomic E-state index is 0. The van der Waals surface area contributed by atoms with Gasteiger partial charge in [-0.05, 0) is 19.8 Å². The van der Waals surface area contributed by atoms with Crippen LogP contribution in [0.15, 0.2) is 0 Å². The minimum absolute atomic E-state index is 0. The van der Waals surface area contributed by atoms with E-state index in [4.69, 9.17) is 11.6 Å². The fraction of sp³-hybridized carbons (Fsp3) is 1.00. The van der Waals surface area contributed by atoms with Crippen LogP contribution in [0.25, 0.3) is 0 Å². The Morgan fingerprint density at radius 1 is 1.25 bits per heavy atom. The Balaban J connectivity index is 0. The summed E-state index contributed by atoms with van der Waals surface area (Å²) in [5, 5.41) is 0. The third-order valence-corrected chi connectivity index (χ3v) is 2.01. The van der Waals surface area contributed by atoms with Crippen molar-refractivity contribution < 1.29 is 0 Å². The van der Waals surface area contributed by atoms with Gasteiger partial charge in [-0.15, -0.1) is 24.0 Å². The van der Waals surface area contributed by atoms with E-state index in [9.17, 15) is 0 Å². The Morgan fingerprint density at radius 2 is 1.50 bits per heavy atom. The molecular weight excluding hydrogens is 143 g/mol. The smallest absolute Gasteiger partial charge is 0.0413 e. The number of hydrogen-bond acceptors (Lipinski definition) is 0. The average Bonchev–Trinajstić information content (AvgIpc) is 1.68. The molecule has 0 unspecified atom stereocenters. The fourth-order valence-corrected chi connectivity index (χ4v) is 0.250. The van der Waals surface area contributed by atoms with E-state index in [1.54, 1.807) is 0 Å². The van der Waals surface area contributed by atoms with Crippen molar-refractivity contribution in [3.05, 3.63) is 0 Å². The molecule has 0 saturated carbocycles. The summed E-state index contributed by atoms with van der Waals surface area (Å²) < 4.78 is 0. The van der Waals surface area contributed by atoms with Crippen LogP contribution in [0.4, 0.5) is 0 Å². The maximum absolute atomic E-state index is 5.91. The maximum atomic E-state index is 5.91. The zero-order valence-corrected chi connectivity index (χ0v) is 7.27. The van der Waals surface area contributed by atoms with Gasteiger partial charge < -0.3 is 0 Å². The van der Waals surface area contributed by atoms with E-state index in [2.05, 4.69) is 20.8 Å². The van der Waals surface area contributed by atoms with Crippen molar-refractivity contribution in [2.24, 2.45) is 0 Å². The van der Waals surface area contributed by atoms with Crippen molar-refractivity contribution in [1.29, 1.82) is 0 Å². The lowest BCUT2D eigenvalue weighted by Crippen LogP contribution is -2.11. The van der Waals surface area contributed by atoms with Gasteiger partial charge >= 0.3 is 0 Å². The molecule has 0 aromatic rings. The van der Waals surface area contributed by atoms with Gasteiger partial charge in [0.05, 0.1) is 0 Å². The predicted molar refractivity (Wildman–Crippen MR) is 42.1 cm³/mol. The number of hydrogen-bond donors (Lipinski definition) is 0. The second-order valence-corrected chi connectivity index (χ2v) is 3.03. The molecule has 0 bridgehead atoms. The predicted octanol–water partition coefficient (Wildman–Crippen LogP) is 3.23. The first-order valence-corrected chi connectivity index (χ1v) is 3.19. The molecule has 0 amide bonds. The first kappa shape index (κ1) is 11.4. The summed E-state index contributed by atoms with van der Waals surface area (Å²) >= 11 is 5.91. The highest BCUT2D eigenvalue weighted by molar-refractivity contribution is 6.23. The number of halogens is 2. The van der Waals surface area contributed by atoms with E-state index in [1.807, 2.05) is 0 Å². The fourth-order valence-electron chi connectivity index (χ4n) is 0.250. The topological polar surface area (TPSA) is 0 Å². The highest BCUT2D eigenvalue weighted by atomic mass is 35.5. The Labute approximate surface area is 63.0 Å². The van der Waals surface area contributed by atoms with Gasteiger partial charge in [0, 0.05) is 4.87 Å². The molecule has 2 heteroatoms. The van der Waals surface area contributed by atoms with Crippen molar-refractivity contribution in [1.82, 2.24) is 0 Å². The quantitative estimate of drug-likeness (QED) is 0.540. The number of rotatable bonds is 2. The normalized spacial score (nSPS) is 10.5. The lowest BCUT2D eigenvalue weighted by molar-refractivity contribution is 0.587. The van der Waals surface area contributed by atoms with Crippen LogP contribution in [0.2, 0.25) is 0 Å². The molecule has 0 heterocycles. The van der Waals surface area contributed by atoms with Crippen molar-refractivity contribution in [3.63, 3.8) is 0 Å². The molecule has 0 aromatic heterocycles. The molecule has 0 atom stereocenters. The van der Waals surface area contributed by atoms with Crippen molar-refractivity contribution in [2.75, 3.05) is 0 Å². The van der Waals surface area contributed by atoms with Gasteiger partial charge in [0.1, 0.15) is 0 Å². The second-order valence-electron chi connectivity index (χ2n) is 2.12. The van der Waals surface area contributed by atoms with Crippen LogP contribution < -0.4 is 0 Å². The summed E-state index contributed by atoms with van der Waals surface area (Å²) in [6.45, 7) is 6.28. The van der Waals surface area contributed by atoms with Crippen molar-refractivity contribution in [2.45, 2.75) is 38.5 Å². The van der Waals surface area contributed by atoms with Gasteiger partial charge in [-0.3, -0.25) is 0 Å². The SMILES string of the molecule is CCC(C)(Cl)CC.Cl. The molecule has 0 aromatic carbocycles. The summed E-state index contributed by atoms with van der Waals surface area (Å²) in [7, 11) is 0. The first-order valence-electron chi connectivity index (χ1n) is 2.81. The van der Waals surface area contributed by atoms with Gasteiger partial charge in [-0.1, -0.05) is 13.8 Å². The molecule has 0 N–H and O–H groups in total. The van der Waals surface area contributed by atoms with Crippen LogP contribution in [-0.2, 0) is 0 Å². The Kier molecular flexibility index (Phi) is 6.34. The van der Waals surface area contributed by atoms with E-state index in [-0.39, 0.29) is 17.3 Å². The van der Waals surface area contributed by atoms with Crippen molar-refractivity contribution >= 4 is 24.0 Å². The van der Waals surface area contributed by atoms with E-state index in [1.165, 1.54) is 0 Å². The molecule has 0 nitrogen and oxygen atoms in total. The van der Waals surface area contributed by atoms with E-state index in [0.717, 1.165) is 12.8 Å².